The maximum Gasteiger partial charge on any atom is 0.234 e. The summed E-state index contributed by atoms with van der Waals surface area (Å²) in [6.45, 7) is 5.63. The first-order chi connectivity index (χ1) is 10.2. The van der Waals surface area contributed by atoms with E-state index in [2.05, 4.69) is 17.1 Å². The van der Waals surface area contributed by atoms with Gasteiger partial charge in [0.25, 0.3) is 0 Å². The zero-order valence-electron chi connectivity index (χ0n) is 13.4. The Kier molecular flexibility index (Phi) is 4.85. The van der Waals surface area contributed by atoms with Gasteiger partial charge in [0.15, 0.2) is 0 Å². The Bertz CT molecular complexity index is 365. The third-order valence-electron chi connectivity index (χ3n) is 6.23. The molecule has 120 valence electrons. The molecule has 4 heteroatoms. The maximum absolute atomic E-state index is 12.3. The van der Waals surface area contributed by atoms with E-state index in [1.807, 2.05) is 0 Å². The zero-order chi connectivity index (χ0) is 14.8. The van der Waals surface area contributed by atoms with Crippen molar-refractivity contribution in [3.8, 4) is 0 Å². The van der Waals surface area contributed by atoms with Gasteiger partial charge in [-0.05, 0) is 82.3 Å². The fraction of sp³-hybridized carbons (Fsp3) is 0.941. The molecule has 4 unspecified atom stereocenters. The predicted octanol–water partition coefficient (Wildman–Crippen LogP) is 1.60. The van der Waals surface area contributed by atoms with E-state index in [1.54, 1.807) is 0 Å². The second-order valence-electron chi connectivity index (χ2n) is 7.65. The van der Waals surface area contributed by atoms with Crippen LogP contribution in [0.2, 0.25) is 0 Å². The first-order valence-corrected chi connectivity index (χ1v) is 8.87. The first kappa shape index (κ1) is 15.3. The van der Waals surface area contributed by atoms with Crippen molar-refractivity contribution in [2.75, 3.05) is 26.2 Å². The molecule has 2 saturated carbocycles. The first-order valence-electron chi connectivity index (χ1n) is 8.87. The molecule has 2 bridgehead atoms. The molecule has 0 aromatic rings. The molecule has 3 aliphatic rings. The van der Waals surface area contributed by atoms with Gasteiger partial charge in [0, 0.05) is 6.04 Å². The van der Waals surface area contributed by atoms with Crippen LogP contribution in [0.3, 0.4) is 0 Å². The molecule has 0 aromatic carbocycles. The van der Waals surface area contributed by atoms with Crippen LogP contribution in [0, 0.1) is 23.7 Å². The van der Waals surface area contributed by atoms with Crippen molar-refractivity contribution in [2.24, 2.45) is 29.4 Å². The largest absolute Gasteiger partial charge is 0.352 e. The van der Waals surface area contributed by atoms with Gasteiger partial charge in [-0.15, -0.1) is 0 Å². The highest BCUT2D eigenvalue weighted by Gasteiger charge is 2.42. The van der Waals surface area contributed by atoms with E-state index >= 15 is 0 Å². The van der Waals surface area contributed by atoms with Crippen LogP contribution >= 0.6 is 0 Å². The maximum atomic E-state index is 12.3. The minimum Gasteiger partial charge on any atom is -0.352 e. The smallest absolute Gasteiger partial charge is 0.234 e. The van der Waals surface area contributed by atoms with Crippen molar-refractivity contribution >= 4 is 5.91 Å². The molecule has 1 amide bonds. The summed E-state index contributed by atoms with van der Waals surface area (Å²) in [5.74, 6) is 3.45. The lowest BCUT2D eigenvalue weighted by atomic mass is 9.84. The molecular formula is C17H31N3O. The highest BCUT2D eigenvalue weighted by Crippen LogP contribution is 2.49. The standard InChI is InChI=1S/C17H31N3O/c1-12(16-9-14-2-3-15(16)8-14)19-17(21)11-20-6-4-13(10-18)5-7-20/h12-16H,2-11,18H2,1H3,(H,19,21). The van der Waals surface area contributed by atoms with E-state index in [-0.39, 0.29) is 5.91 Å². The molecule has 1 heterocycles. The van der Waals surface area contributed by atoms with Crippen LogP contribution in [0.25, 0.3) is 0 Å². The molecule has 3 rings (SSSR count). The lowest BCUT2D eigenvalue weighted by Gasteiger charge is -2.32. The average molecular weight is 293 g/mol. The predicted molar refractivity (Wildman–Crippen MR) is 84.8 cm³/mol. The van der Waals surface area contributed by atoms with Crippen LogP contribution in [-0.2, 0) is 4.79 Å². The normalized spacial score (nSPS) is 35.0. The number of piperidine rings is 1. The van der Waals surface area contributed by atoms with Crippen molar-refractivity contribution in [2.45, 2.75) is 51.5 Å². The lowest BCUT2D eigenvalue weighted by Crippen LogP contribution is -2.47. The highest BCUT2D eigenvalue weighted by molar-refractivity contribution is 5.78. The summed E-state index contributed by atoms with van der Waals surface area (Å²) in [7, 11) is 0. The van der Waals surface area contributed by atoms with E-state index in [0.29, 0.717) is 18.5 Å². The van der Waals surface area contributed by atoms with Crippen molar-refractivity contribution in [3.63, 3.8) is 0 Å². The Morgan fingerprint density at radius 3 is 2.57 bits per heavy atom. The SMILES string of the molecule is CC(NC(=O)CN1CCC(CN)CC1)C1CC2CCC1C2. The zero-order valence-corrected chi connectivity index (χ0v) is 13.4. The molecule has 21 heavy (non-hydrogen) atoms. The summed E-state index contributed by atoms with van der Waals surface area (Å²) < 4.78 is 0. The summed E-state index contributed by atoms with van der Waals surface area (Å²) in [6, 6.07) is 0.356. The average Bonchev–Trinajstić information content (AvgIpc) is 3.10. The molecule has 0 radical (unpaired) electrons. The van der Waals surface area contributed by atoms with Gasteiger partial charge in [-0.25, -0.2) is 0 Å². The van der Waals surface area contributed by atoms with Crippen LogP contribution < -0.4 is 11.1 Å². The number of nitrogens with zero attached hydrogens (tertiary/aromatic N) is 1. The van der Waals surface area contributed by atoms with Crippen molar-refractivity contribution in [1.82, 2.24) is 10.2 Å². The van der Waals surface area contributed by atoms with Crippen molar-refractivity contribution in [3.05, 3.63) is 0 Å². The van der Waals surface area contributed by atoms with Crippen LogP contribution in [0.5, 0.6) is 0 Å². The van der Waals surface area contributed by atoms with Gasteiger partial charge in [0.05, 0.1) is 6.54 Å². The Hall–Kier alpha value is -0.610. The minimum absolute atomic E-state index is 0.219. The number of hydrogen-bond acceptors (Lipinski definition) is 3. The van der Waals surface area contributed by atoms with Crippen LogP contribution in [0.1, 0.15) is 45.4 Å². The molecule has 4 atom stereocenters. The van der Waals surface area contributed by atoms with Gasteiger partial charge < -0.3 is 11.1 Å². The van der Waals surface area contributed by atoms with E-state index in [1.165, 1.54) is 25.7 Å². The van der Waals surface area contributed by atoms with Crippen LogP contribution in [0.4, 0.5) is 0 Å². The molecule has 1 aliphatic heterocycles. The molecule has 0 aromatic heterocycles. The topological polar surface area (TPSA) is 58.4 Å². The number of carbonyl (C=O) groups excluding carboxylic acids is 1. The molecule has 1 saturated heterocycles. The molecule has 3 N–H and O–H groups in total. The number of carbonyl (C=O) groups is 1. The van der Waals surface area contributed by atoms with Gasteiger partial charge in [0.2, 0.25) is 5.91 Å². The second-order valence-corrected chi connectivity index (χ2v) is 7.65. The van der Waals surface area contributed by atoms with E-state index in [0.717, 1.165) is 50.2 Å². The fourth-order valence-electron chi connectivity index (χ4n) is 4.90. The third-order valence-corrected chi connectivity index (χ3v) is 6.23. The van der Waals surface area contributed by atoms with E-state index in [4.69, 9.17) is 5.73 Å². The number of hydrogen-bond donors (Lipinski definition) is 2. The molecular weight excluding hydrogens is 262 g/mol. The number of nitrogens with two attached hydrogens (primary N) is 1. The van der Waals surface area contributed by atoms with E-state index < -0.39 is 0 Å². The number of likely N-dealkylation sites (tertiary alicyclic amines) is 1. The monoisotopic (exact) mass is 293 g/mol. The lowest BCUT2D eigenvalue weighted by molar-refractivity contribution is -0.123. The van der Waals surface area contributed by atoms with Gasteiger partial charge in [0.1, 0.15) is 0 Å². The summed E-state index contributed by atoms with van der Waals surface area (Å²) >= 11 is 0. The summed E-state index contributed by atoms with van der Waals surface area (Å²) in [5, 5.41) is 3.27. The van der Waals surface area contributed by atoms with Gasteiger partial charge in [-0.2, -0.15) is 0 Å². The molecule has 4 nitrogen and oxygen atoms in total. The molecule has 2 aliphatic carbocycles. The number of amides is 1. The Morgan fingerprint density at radius 1 is 1.24 bits per heavy atom. The highest BCUT2D eigenvalue weighted by atomic mass is 16.2. The molecule has 0 spiro atoms. The summed E-state index contributed by atoms with van der Waals surface area (Å²) in [4.78, 5) is 14.5. The fourth-order valence-corrected chi connectivity index (χ4v) is 4.90. The van der Waals surface area contributed by atoms with Crippen molar-refractivity contribution < 1.29 is 4.79 Å². The third kappa shape index (κ3) is 3.59. The quantitative estimate of drug-likeness (QED) is 0.809. The summed E-state index contributed by atoms with van der Waals surface area (Å²) in [6.07, 6.45) is 7.86. The Morgan fingerprint density at radius 2 is 2.00 bits per heavy atom. The van der Waals surface area contributed by atoms with E-state index in [9.17, 15) is 4.79 Å². The van der Waals surface area contributed by atoms with Gasteiger partial charge >= 0.3 is 0 Å². The second kappa shape index (κ2) is 6.66. The number of nitrogens with one attached hydrogen (secondary N) is 1. The summed E-state index contributed by atoms with van der Waals surface area (Å²) in [5.41, 5.74) is 5.72. The number of rotatable bonds is 5. The van der Waals surface area contributed by atoms with Crippen LogP contribution in [-0.4, -0.2) is 43.0 Å². The van der Waals surface area contributed by atoms with Gasteiger partial charge in [-0.3, -0.25) is 9.69 Å². The number of fused-ring (bicyclic) bond motifs is 2. The Balaban J connectivity index is 1.40. The van der Waals surface area contributed by atoms with Crippen molar-refractivity contribution in [1.29, 1.82) is 0 Å². The molecule has 3 fully saturated rings. The van der Waals surface area contributed by atoms with Gasteiger partial charge in [-0.1, -0.05) is 6.42 Å². The minimum atomic E-state index is 0.219. The Labute approximate surface area is 128 Å². The van der Waals surface area contributed by atoms with Crippen LogP contribution in [0.15, 0.2) is 0 Å².